The van der Waals surface area contributed by atoms with E-state index < -0.39 is 23.9 Å². The topological polar surface area (TPSA) is 65.0 Å². The lowest BCUT2D eigenvalue weighted by Gasteiger charge is -2.32. The Balaban J connectivity index is 2.36. The molecule has 6 heteroatoms. The van der Waals surface area contributed by atoms with Gasteiger partial charge in [-0.1, -0.05) is 26.0 Å². The number of rotatable bonds is 7. The van der Waals surface area contributed by atoms with Crippen molar-refractivity contribution < 1.29 is 23.9 Å². The molecule has 1 heterocycles. The maximum Gasteiger partial charge on any atom is 0.499 e. The molecule has 0 spiro atoms. The summed E-state index contributed by atoms with van der Waals surface area (Å²) in [4.78, 5) is 11.6. The van der Waals surface area contributed by atoms with Gasteiger partial charge in [-0.05, 0) is 46.6 Å². The number of hydrogen-bond donors (Lipinski definition) is 1. The van der Waals surface area contributed by atoms with Crippen molar-refractivity contribution in [2.45, 2.75) is 71.2 Å². The molecule has 0 unspecified atom stereocenters. The molecule has 0 saturated carbocycles. The van der Waals surface area contributed by atoms with E-state index in [-0.39, 0.29) is 6.61 Å². The highest BCUT2D eigenvalue weighted by molar-refractivity contribution is 6.64. The minimum absolute atomic E-state index is 0.148. The highest BCUT2D eigenvalue weighted by atomic mass is 16.7. The fourth-order valence-electron chi connectivity index (χ4n) is 2.67. The molecule has 0 amide bonds. The van der Waals surface area contributed by atoms with Crippen LogP contribution in [0.15, 0.2) is 18.2 Å². The summed E-state index contributed by atoms with van der Waals surface area (Å²) in [5.74, 6) is 0.503. The molecule has 25 heavy (non-hydrogen) atoms. The van der Waals surface area contributed by atoms with Crippen LogP contribution in [0.2, 0.25) is 0 Å². The van der Waals surface area contributed by atoms with Gasteiger partial charge in [-0.3, -0.25) is 4.79 Å². The first-order valence-electron chi connectivity index (χ1n) is 8.88. The Hall–Kier alpha value is -1.37. The number of aliphatic hydroxyl groups is 1. The molecule has 1 aliphatic rings. The molecule has 1 fully saturated rings. The van der Waals surface area contributed by atoms with Crippen molar-refractivity contribution in [1.82, 2.24) is 0 Å². The Labute approximate surface area is 150 Å². The van der Waals surface area contributed by atoms with Crippen LogP contribution < -0.4 is 10.2 Å². The molecule has 1 aromatic rings. The van der Waals surface area contributed by atoms with Crippen molar-refractivity contribution in [2.24, 2.45) is 0 Å². The Bertz CT molecular complexity index is 606. The Morgan fingerprint density at radius 3 is 2.20 bits per heavy atom. The molecular formula is C19H29BO5. The molecule has 1 N–H and O–H groups in total. The van der Waals surface area contributed by atoms with Crippen molar-refractivity contribution in [3.63, 3.8) is 0 Å². The van der Waals surface area contributed by atoms with E-state index >= 15 is 0 Å². The quantitative estimate of drug-likeness (QED) is 0.606. The summed E-state index contributed by atoms with van der Waals surface area (Å²) in [5.41, 5.74) is -0.889. The van der Waals surface area contributed by atoms with Gasteiger partial charge < -0.3 is 19.2 Å². The average molecular weight is 348 g/mol. The van der Waals surface area contributed by atoms with Gasteiger partial charge in [0.15, 0.2) is 0 Å². The average Bonchev–Trinajstić information content (AvgIpc) is 2.79. The Kier molecular flexibility index (Phi) is 5.67. The van der Waals surface area contributed by atoms with Crippen LogP contribution in [0.3, 0.4) is 0 Å². The number of aldehydes is 1. The minimum atomic E-state index is -0.898. The number of benzene rings is 1. The van der Waals surface area contributed by atoms with Crippen LogP contribution in [0.1, 0.15) is 64.7 Å². The van der Waals surface area contributed by atoms with Gasteiger partial charge in [0.1, 0.15) is 18.6 Å². The summed E-state index contributed by atoms with van der Waals surface area (Å²) >= 11 is 0. The molecule has 1 aliphatic heterocycles. The van der Waals surface area contributed by atoms with Crippen LogP contribution >= 0.6 is 0 Å². The zero-order valence-corrected chi connectivity index (χ0v) is 16.1. The van der Waals surface area contributed by atoms with Crippen molar-refractivity contribution in [3.8, 4) is 5.75 Å². The molecule has 0 aromatic heterocycles. The van der Waals surface area contributed by atoms with E-state index in [0.29, 0.717) is 29.6 Å². The lowest BCUT2D eigenvalue weighted by Crippen LogP contribution is -2.41. The van der Waals surface area contributed by atoms with E-state index in [2.05, 4.69) is 0 Å². The van der Waals surface area contributed by atoms with E-state index in [0.717, 1.165) is 6.29 Å². The molecule has 0 atom stereocenters. The van der Waals surface area contributed by atoms with Crippen LogP contribution in [0.4, 0.5) is 0 Å². The summed E-state index contributed by atoms with van der Waals surface area (Å²) in [6, 6.07) is 5.25. The Morgan fingerprint density at radius 1 is 1.16 bits per heavy atom. The summed E-state index contributed by atoms with van der Waals surface area (Å²) in [6.45, 7) is 11.8. The van der Waals surface area contributed by atoms with Gasteiger partial charge in [-0.15, -0.1) is 0 Å². The summed E-state index contributed by atoms with van der Waals surface area (Å²) in [7, 11) is -0.697. The van der Waals surface area contributed by atoms with E-state index in [1.54, 1.807) is 18.2 Å². The first-order valence-corrected chi connectivity index (χ1v) is 8.88. The lowest BCUT2D eigenvalue weighted by molar-refractivity contribution is -0.0111. The third kappa shape index (κ3) is 3.91. The molecule has 138 valence electrons. The SMILES string of the molecule is CCC(O)(CC)COc1cccc(C=O)c1B1OC(C)(C)C(C)(C)O1. The van der Waals surface area contributed by atoms with Crippen LogP contribution in [-0.2, 0) is 9.31 Å². The fourth-order valence-corrected chi connectivity index (χ4v) is 2.67. The van der Waals surface area contributed by atoms with Gasteiger partial charge in [0, 0.05) is 11.0 Å². The van der Waals surface area contributed by atoms with Gasteiger partial charge >= 0.3 is 7.12 Å². The third-order valence-corrected chi connectivity index (χ3v) is 5.53. The number of hydrogen-bond acceptors (Lipinski definition) is 5. The second kappa shape index (κ2) is 7.10. The molecule has 2 rings (SSSR count). The van der Waals surface area contributed by atoms with Crippen LogP contribution in [0.25, 0.3) is 0 Å². The molecule has 1 aromatic carbocycles. The van der Waals surface area contributed by atoms with Crippen LogP contribution in [0.5, 0.6) is 5.75 Å². The van der Waals surface area contributed by atoms with E-state index in [4.69, 9.17) is 14.0 Å². The summed E-state index contributed by atoms with van der Waals surface area (Å²) in [5, 5.41) is 10.5. The monoisotopic (exact) mass is 348 g/mol. The summed E-state index contributed by atoms with van der Waals surface area (Å²) in [6.07, 6.45) is 1.95. The van der Waals surface area contributed by atoms with Crippen molar-refractivity contribution in [1.29, 1.82) is 0 Å². The Morgan fingerprint density at radius 2 is 1.72 bits per heavy atom. The standard InChI is InChI=1S/C19H29BO5/c1-7-19(22,8-2)13-23-15-11-9-10-14(12-21)16(15)20-24-17(3,4)18(5,6)25-20/h9-12,22H,7-8,13H2,1-6H3. The molecular weight excluding hydrogens is 319 g/mol. The van der Waals surface area contributed by atoms with Crippen molar-refractivity contribution in [3.05, 3.63) is 23.8 Å². The highest BCUT2D eigenvalue weighted by Crippen LogP contribution is 2.37. The first kappa shape index (κ1) is 20.0. The van der Waals surface area contributed by atoms with Crippen LogP contribution in [0, 0.1) is 0 Å². The first-order chi connectivity index (χ1) is 11.6. The molecule has 0 radical (unpaired) electrons. The zero-order chi connectivity index (χ0) is 18.9. The van der Waals surface area contributed by atoms with Gasteiger partial charge in [0.2, 0.25) is 0 Å². The third-order valence-electron chi connectivity index (χ3n) is 5.53. The minimum Gasteiger partial charge on any atom is -0.491 e. The molecule has 1 saturated heterocycles. The summed E-state index contributed by atoms with van der Waals surface area (Å²) < 4.78 is 18.1. The highest BCUT2D eigenvalue weighted by Gasteiger charge is 2.53. The van der Waals surface area contributed by atoms with Gasteiger partial charge in [-0.2, -0.15) is 0 Å². The maximum absolute atomic E-state index is 11.6. The molecule has 5 nitrogen and oxygen atoms in total. The van der Waals surface area contributed by atoms with Crippen molar-refractivity contribution >= 4 is 18.9 Å². The zero-order valence-electron chi connectivity index (χ0n) is 16.1. The van der Waals surface area contributed by atoms with Gasteiger partial charge in [0.05, 0.1) is 16.8 Å². The number of carbonyl (C=O) groups excluding carboxylic acids is 1. The maximum atomic E-state index is 11.6. The van der Waals surface area contributed by atoms with Gasteiger partial charge in [0.25, 0.3) is 0 Å². The predicted octanol–water partition coefficient (Wildman–Crippen LogP) is 2.73. The normalized spacial score (nSPS) is 19.1. The predicted molar refractivity (Wildman–Crippen MR) is 98.6 cm³/mol. The van der Waals surface area contributed by atoms with Crippen LogP contribution in [-0.4, -0.2) is 41.9 Å². The fraction of sp³-hybridized carbons (Fsp3) is 0.632. The van der Waals surface area contributed by atoms with E-state index in [1.807, 2.05) is 41.5 Å². The van der Waals surface area contributed by atoms with Gasteiger partial charge in [-0.25, -0.2) is 0 Å². The number of ether oxygens (including phenoxy) is 1. The molecule has 0 bridgehead atoms. The van der Waals surface area contributed by atoms with E-state index in [9.17, 15) is 9.90 Å². The smallest absolute Gasteiger partial charge is 0.491 e. The number of carbonyl (C=O) groups is 1. The lowest BCUT2D eigenvalue weighted by atomic mass is 9.75. The molecule has 0 aliphatic carbocycles. The largest absolute Gasteiger partial charge is 0.499 e. The second-order valence-corrected chi connectivity index (χ2v) is 7.69. The second-order valence-electron chi connectivity index (χ2n) is 7.69. The van der Waals surface area contributed by atoms with E-state index in [1.165, 1.54) is 0 Å². The van der Waals surface area contributed by atoms with Crippen molar-refractivity contribution in [2.75, 3.05) is 6.61 Å².